The van der Waals surface area contributed by atoms with Crippen LogP contribution in [0.2, 0.25) is 0 Å². The van der Waals surface area contributed by atoms with Gasteiger partial charge in [0.1, 0.15) is 29.5 Å². The Labute approximate surface area is 199 Å². The van der Waals surface area contributed by atoms with E-state index in [1.54, 1.807) is 24.3 Å². The van der Waals surface area contributed by atoms with Gasteiger partial charge in [-0.15, -0.1) is 0 Å². The van der Waals surface area contributed by atoms with Gasteiger partial charge in [-0.1, -0.05) is 29.8 Å². The first-order valence-corrected chi connectivity index (χ1v) is 10.8. The lowest BCUT2D eigenvalue weighted by Crippen LogP contribution is -2.13. The Morgan fingerprint density at radius 2 is 1.88 bits per heavy atom. The normalized spacial score (nSPS) is 13.9. The predicted octanol–water partition coefficient (Wildman–Crippen LogP) is 6.71. The van der Waals surface area contributed by atoms with Crippen molar-refractivity contribution in [3.05, 3.63) is 70.9 Å². The van der Waals surface area contributed by atoms with Gasteiger partial charge >= 0.3 is 6.18 Å². The molecule has 34 heavy (non-hydrogen) atoms. The molecule has 0 atom stereocenters. The van der Waals surface area contributed by atoms with Crippen molar-refractivity contribution in [1.82, 2.24) is 9.78 Å². The van der Waals surface area contributed by atoms with E-state index < -0.39 is 11.9 Å². The van der Waals surface area contributed by atoms with Crippen LogP contribution in [0.1, 0.15) is 18.5 Å². The lowest BCUT2D eigenvalue weighted by Gasteiger charge is -2.14. The Morgan fingerprint density at radius 1 is 1.09 bits per heavy atom. The number of alkyl halides is 3. The molecule has 0 aliphatic heterocycles. The highest BCUT2D eigenvalue weighted by molar-refractivity contribution is 6.29. The number of methoxy groups -OCH3 is 1. The van der Waals surface area contributed by atoms with Gasteiger partial charge in [0.2, 0.25) is 0 Å². The molecule has 0 fully saturated rings. The molecular formula is C25H22ClF3N2O3. The van der Waals surface area contributed by atoms with Gasteiger partial charge in [0.05, 0.1) is 7.11 Å². The summed E-state index contributed by atoms with van der Waals surface area (Å²) in [4.78, 5) is 0. The van der Waals surface area contributed by atoms with Crippen molar-refractivity contribution in [2.24, 2.45) is 7.05 Å². The summed E-state index contributed by atoms with van der Waals surface area (Å²) in [6.45, 7) is 0.316. The molecule has 0 radical (unpaired) electrons. The molecule has 2 aromatic carbocycles. The highest BCUT2D eigenvalue weighted by atomic mass is 35.5. The standard InChI is InChI=1S/C25H22ClF3N2O3/c1-31-24(25(27,28)29)22(16-4-3-5-18(12-16)33-2)23(30-31)20-11-10-19(13-21(20)32)34-14-15-6-8-17(26)9-7-15/h3-6,8,10-13,32H,7,9,14H2,1-2H3. The molecule has 1 N–H and O–H groups in total. The monoisotopic (exact) mass is 490 g/mol. The van der Waals surface area contributed by atoms with Crippen molar-refractivity contribution in [2.75, 3.05) is 13.7 Å². The molecule has 1 aromatic heterocycles. The summed E-state index contributed by atoms with van der Waals surface area (Å²) in [5, 5.41) is 15.6. The minimum atomic E-state index is -4.66. The molecule has 0 spiro atoms. The van der Waals surface area contributed by atoms with E-state index in [1.165, 1.54) is 32.4 Å². The first-order valence-electron chi connectivity index (χ1n) is 10.5. The molecule has 178 valence electrons. The van der Waals surface area contributed by atoms with Crippen molar-refractivity contribution in [3.8, 4) is 39.6 Å². The van der Waals surface area contributed by atoms with Crippen LogP contribution in [0.5, 0.6) is 17.2 Å². The number of halogens is 4. The number of ether oxygens (including phenoxy) is 2. The van der Waals surface area contributed by atoms with Crippen molar-refractivity contribution in [3.63, 3.8) is 0 Å². The summed E-state index contributed by atoms with van der Waals surface area (Å²) >= 11 is 5.97. The molecule has 0 amide bonds. The summed E-state index contributed by atoms with van der Waals surface area (Å²) in [6.07, 6.45) is 0.575. The molecule has 0 saturated carbocycles. The van der Waals surface area contributed by atoms with Crippen LogP contribution in [0.25, 0.3) is 22.4 Å². The number of aryl methyl sites for hydroxylation is 1. The van der Waals surface area contributed by atoms with E-state index in [2.05, 4.69) is 5.10 Å². The molecule has 0 saturated heterocycles. The number of allylic oxidation sites excluding steroid dienone is 3. The Balaban J connectivity index is 1.73. The fourth-order valence-corrected chi connectivity index (χ4v) is 4.00. The molecule has 5 nitrogen and oxygen atoms in total. The average molecular weight is 491 g/mol. The number of rotatable bonds is 6. The first kappa shape index (κ1) is 23.8. The molecule has 0 bridgehead atoms. The maximum Gasteiger partial charge on any atom is 0.433 e. The van der Waals surface area contributed by atoms with E-state index >= 15 is 0 Å². The maximum absolute atomic E-state index is 14.0. The number of phenols is 1. The van der Waals surface area contributed by atoms with Gasteiger partial charge in [0, 0.05) is 29.3 Å². The second kappa shape index (κ2) is 9.46. The van der Waals surface area contributed by atoms with Crippen LogP contribution in [0.4, 0.5) is 13.2 Å². The van der Waals surface area contributed by atoms with Gasteiger partial charge in [-0.25, -0.2) is 0 Å². The Bertz CT molecular complexity index is 1280. The molecule has 1 aliphatic carbocycles. The molecule has 1 heterocycles. The van der Waals surface area contributed by atoms with E-state index in [4.69, 9.17) is 21.1 Å². The number of phenolic OH excluding ortho intramolecular Hbond substituents is 1. The van der Waals surface area contributed by atoms with Gasteiger partial charge < -0.3 is 14.6 Å². The van der Waals surface area contributed by atoms with Crippen molar-refractivity contribution in [1.29, 1.82) is 0 Å². The molecular weight excluding hydrogens is 469 g/mol. The van der Waals surface area contributed by atoms with Crippen molar-refractivity contribution in [2.45, 2.75) is 19.0 Å². The number of nitrogens with zero attached hydrogens (tertiary/aromatic N) is 2. The van der Waals surface area contributed by atoms with Gasteiger partial charge in [-0.3, -0.25) is 4.68 Å². The van der Waals surface area contributed by atoms with Gasteiger partial charge in [0.25, 0.3) is 0 Å². The smallest absolute Gasteiger partial charge is 0.433 e. The average Bonchev–Trinajstić information content (AvgIpc) is 3.16. The molecule has 9 heteroatoms. The zero-order chi connectivity index (χ0) is 24.5. The summed E-state index contributed by atoms with van der Waals surface area (Å²) in [5.41, 5.74) is 0.406. The van der Waals surface area contributed by atoms with Crippen molar-refractivity contribution < 1.29 is 27.8 Å². The highest BCUT2D eigenvalue weighted by Gasteiger charge is 2.40. The number of aromatic nitrogens is 2. The fourth-order valence-electron chi connectivity index (χ4n) is 3.84. The summed E-state index contributed by atoms with van der Waals surface area (Å²) in [5.74, 6) is 0.549. The maximum atomic E-state index is 14.0. The number of benzene rings is 2. The van der Waals surface area contributed by atoms with Crippen LogP contribution in [-0.2, 0) is 13.2 Å². The lowest BCUT2D eigenvalue weighted by molar-refractivity contribution is -0.143. The molecule has 3 aromatic rings. The minimum absolute atomic E-state index is 0.00176. The van der Waals surface area contributed by atoms with Crippen LogP contribution in [0, 0.1) is 0 Å². The summed E-state index contributed by atoms with van der Waals surface area (Å²) in [7, 11) is 2.66. The van der Waals surface area contributed by atoms with Crippen LogP contribution in [0.3, 0.4) is 0 Å². The second-order valence-corrected chi connectivity index (χ2v) is 8.32. The Morgan fingerprint density at radius 3 is 2.53 bits per heavy atom. The third-order valence-corrected chi connectivity index (χ3v) is 5.82. The van der Waals surface area contributed by atoms with Gasteiger partial charge in [-0.05, 0) is 54.3 Å². The third-order valence-electron chi connectivity index (χ3n) is 5.51. The Hall–Kier alpha value is -3.39. The number of aromatic hydroxyl groups is 1. The topological polar surface area (TPSA) is 56.5 Å². The molecule has 0 unspecified atom stereocenters. The van der Waals surface area contributed by atoms with Crippen LogP contribution in [0.15, 0.2) is 65.2 Å². The van der Waals surface area contributed by atoms with Crippen LogP contribution >= 0.6 is 11.6 Å². The largest absolute Gasteiger partial charge is 0.507 e. The zero-order valence-electron chi connectivity index (χ0n) is 18.5. The Kier molecular flexibility index (Phi) is 6.61. The van der Waals surface area contributed by atoms with Gasteiger partial charge in [-0.2, -0.15) is 18.3 Å². The van der Waals surface area contributed by atoms with Crippen LogP contribution < -0.4 is 9.47 Å². The van der Waals surface area contributed by atoms with E-state index in [1.807, 2.05) is 12.2 Å². The van der Waals surface area contributed by atoms with Crippen molar-refractivity contribution >= 4 is 11.6 Å². The highest BCUT2D eigenvalue weighted by Crippen LogP contribution is 2.45. The summed E-state index contributed by atoms with van der Waals surface area (Å²) < 4.78 is 53.7. The van der Waals surface area contributed by atoms with Crippen LogP contribution in [-0.4, -0.2) is 28.6 Å². The van der Waals surface area contributed by atoms with E-state index in [0.717, 1.165) is 28.1 Å². The first-order chi connectivity index (χ1) is 16.2. The van der Waals surface area contributed by atoms with E-state index in [9.17, 15) is 18.3 Å². The predicted molar refractivity (Wildman–Crippen MR) is 124 cm³/mol. The summed E-state index contributed by atoms with van der Waals surface area (Å²) in [6, 6.07) is 10.8. The number of hydrogen-bond acceptors (Lipinski definition) is 4. The van der Waals surface area contributed by atoms with E-state index in [-0.39, 0.29) is 28.1 Å². The van der Waals surface area contributed by atoms with E-state index in [0.29, 0.717) is 18.1 Å². The van der Waals surface area contributed by atoms with Gasteiger partial charge in [0.15, 0.2) is 5.69 Å². The quantitative estimate of drug-likeness (QED) is 0.417. The SMILES string of the molecule is COc1cccc(-c2c(-c3ccc(OCC4=CC=C(Cl)CC4)cc3O)nn(C)c2C(F)(F)F)c1. The third kappa shape index (κ3) is 4.92. The minimum Gasteiger partial charge on any atom is -0.507 e. The number of hydrogen-bond donors (Lipinski definition) is 1. The molecule has 4 rings (SSSR count). The fraction of sp³-hybridized carbons (Fsp3) is 0.240. The second-order valence-electron chi connectivity index (χ2n) is 7.83. The zero-order valence-corrected chi connectivity index (χ0v) is 19.2. The lowest BCUT2D eigenvalue weighted by atomic mass is 9.97. The molecule has 1 aliphatic rings.